The number of rotatable bonds is 8. The van der Waals surface area contributed by atoms with Crippen molar-refractivity contribution in [2.75, 3.05) is 6.54 Å². The summed E-state index contributed by atoms with van der Waals surface area (Å²) in [6.45, 7) is 2.89. The third-order valence-electron chi connectivity index (χ3n) is 2.98. The molecule has 1 aromatic carbocycles. The summed E-state index contributed by atoms with van der Waals surface area (Å²) in [5, 5.41) is 2.81. The van der Waals surface area contributed by atoms with Crippen LogP contribution >= 0.6 is 0 Å². The molecule has 1 atom stereocenters. The number of amides is 1. The van der Waals surface area contributed by atoms with Gasteiger partial charge in [0.25, 0.3) is 0 Å². The Labute approximate surface area is 115 Å². The molecular weight excluding hydrogens is 240 g/mol. The van der Waals surface area contributed by atoms with Gasteiger partial charge in [0.1, 0.15) is 6.61 Å². The number of hydrogen-bond acceptors (Lipinski definition) is 3. The minimum atomic E-state index is -0.393. The summed E-state index contributed by atoms with van der Waals surface area (Å²) in [6, 6.07) is 9.63. The van der Waals surface area contributed by atoms with Crippen molar-refractivity contribution in [3.63, 3.8) is 0 Å². The van der Waals surface area contributed by atoms with Crippen LogP contribution in [0.25, 0.3) is 0 Å². The Morgan fingerprint density at radius 3 is 2.68 bits per heavy atom. The predicted molar refractivity (Wildman–Crippen MR) is 76.7 cm³/mol. The van der Waals surface area contributed by atoms with E-state index in [-0.39, 0.29) is 6.04 Å². The summed E-state index contributed by atoms with van der Waals surface area (Å²) in [5.41, 5.74) is 6.62. The van der Waals surface area contributed by atoms with Crippen LogP contribution in [-0.4, -0.2) is 18.7 Å². The highest BCUT2D eigenvalue weighted by molar-refractivity contribution is 5.67. The molecule has 0 radical (unpaired) electrons. The minimum Gasteiger partial charge on any atom is -0.445 e. The zero-order chi connectivity index (χ0) is 13.9. The van der Waals surface area contributed by atoms with E-state index >= 15 is 0 Å². The van der Waals surface area contributed by atoms with Gasteiger partial charge in [0.15, 0.2) is 0 Å². The molecular formula is C15H24N2O2. The van der Waals surface area contributed by atoms with Crippen LogP contribution in [0.5, 0.6) is 0 Å². The molecule has 0 aliphatic rings. The van der Waals surface area contributed by atoms with E-state index in [1.54, 1.807) is 0 Å². The normalized spacial score (nSPS) is 11.9. The number of ether oxygens (including phenoxy) is 1. The van der Waals surface area contributed by atoms with E-state index in [1.807, 2.05) is 30.3 Å². The van der Waals surface area contributed by atoms with Gasteiger partial charge in [-0.05, 0) is 12.0 Å². The molecule has 4 heteroatoms. The lowest BCUT2D eigenvalue weighted by Crippen LogP contribution is -2.40. The lowest BCUT2D eigenvalue weighted by atomic mass is 10.1. The molecule has 0 aliphatic carbocycles. The van der Waals surface area contributed by atoms with Crippen molar-refractivity contribution in [3.8, 4) is 0 Å². The molecule has 0 saturated carbocycles. The second-order valence-corrected chi connectivity index (χ2v) is 4.63. The lowest BCUT2D eigenvalue weighted by molar-refractivity contribution is 0.135. The first-order valence-electron chi connectivity index (χ1n) is 6.93. The predicted octanol–water partition coefficient (Wildman–Crippen LogP) is 2.82. The Morgan fingerprint density at radius 1 is 1.32 bits per heavy atom. The molecule has 0 unspecified atom stereocenters. The average molecular weight is 264 g/mol. The first-order chi connectivity index (χ1) is 9.26. The molecule has 0 saturated heterocycles. The molecule has 1 rings (SSSR count). The Bertz CT molecular complexity index is 354. The molecule has 1 amide bonds. The zero-order valence-corrected chi connectivity index (χ0v) is 11.6. The lowest BCUT2D eigenvalue weighted by Gasteiger charge is -2.16. The quantitative estimate of drug-likeness (QED) is 0.710. The molecule has 4 nitrogen and oxygen atoms in total. The largest absolute Gasteiger partial charge is 0.445 e. The van der Waals surface area contributed by atoms with Crippen LogP contribution in [0.2, 0.25) is 0 Å². The second-order valence-electron chi connectivity index (χ2n) is 4.63. The highest BCUT2D eigenvalue weighted by atomic mass is 16.5. The summed E-state index contributed by atoms with van der Waals surface area (Å²) in [4.78, 5) is 11.6. The Balaban J connectivity index is 2.25. The van der Waals surface area contributed by atoms with Crippen molar-refractivity contribution in [2.45, 2.75) is 45.3 Å². The van der Waals surface area contributed by atoms with Gasteiger partial charge < -0.3 is 15.8 Å². The van der Waals surface area contributed by atoms with Crippen LogP contribution in [0.1, 0.15) is 38.2 Å². The van der Waals surface area contributed by atoms with Crippen LogP contribution < -0.4 is 11.1 Å². The molecule has 1 aromatic rings. The Morgan fingerprint density at radius 2 is 2.05 bits per heavy atom. The summed E-state index contributed by atoms with van der Waals surface area (Å²) in [6.07, 6.45) is 3.92. The second kappa shape index (κ2) is 9.39. The summed E-state index contributed by atoms with van der Waals surface area (Å²) in [5.74, 6) is 0. The van der Waals surface area contributed by atoms with E-state index < -0.39 is 6.09 Å². The number of alkyl carbamates (subject to hydrolysis) is 1. The maximum absolute atomic E-state index is 11.6. The number of carbonyl (C=O) groups is 1. The fraction of sp³-hybridized carbons (Fsp3) is 0.533. The van der Waals surface area contributed by atoms with Crippen LogP contribution in [0, 0.1) is 0 Å². The highest BCUT2D eigenvalue weighted by Gasteiger charge is 2.11. The fourth-order valence-electron chi connectivity index (χ4n) is 1.82. The van der Waals surface area contributed by atoms with Gasteiger partial charge in [0.05, 0.1) is 0 Å². The maximum Gasteiger partial charge on any atom is 0.407 e. The average Bonchev–Trinajstić information content (AvgIpc) is 2.45. The Kier molecular flexibility index (Phi) is 7.66. The third-order valence-corrected chi connectivity index (χ3v) is 2.98. The standard InChI is InChI=1S/C15H24N2O2/c1-2-3-5-10-14(11-16)17-15(18)19-12-13-8-6-4-7-9-13/h4,6-9,14H,2-3,5,10-12,16H2,1H3,(H,17,18)/t14-/m0/s1. The number of nitrogens with two attached hydrogens (primary N) is 1. The summed E-state index contributed by atoms with van der Waals surface area (Å²) >= 11 is 0. The minimum absolute atomic E-state index is 0.00910. The van der Waals surface area contributed by atoms with E-state index in [0.29, 0.717) is 13.2 Å². The van der Waals surface area contributed by atoms with Gasteiger partial charge in [0, 0.05) is 12.6 Å². The van der Waals surface area contributed by atoms with Crippen molar-refractivity contribution in [1.29, 1.82) is 0 Å². The monoisotopic (exact) mass is 264 g/mol. The Hall–Kier alpha value is -1.55. The summed E-state index contributed by atoms with van der Waals surface area (Å²) in [7, 11) is 0. The molecule has 106 valence electrons. The first-order valence-corrected chi connectivity index (χ1v) is 6.93. The molecule has 0 aliphatic heterocycles. The smallest absolute Gasteiger partial charge is 0.407 e. The van der Waals surface area contributed by atoms with E-state index in [1.165, 1.54) is 0 Å². The van der Waals surface area contributed by atoms with E-state index in [9.17, 15) is 4.79 Å². The van der Waals surface area contributed by atoms with Gasteiger partial charge in [-0.15, -0.1) is 0 Å². The van der Waals surface area contributed by atoms with Crippen molar-refractivity contribution in [1.82, 2.24) is 5.32 Å². The number of hydrogen-bond donors (Lipinski definition) is 2. The van der Waals surface area contributed by atoms with Gasteiger partial charge in [0.2, 0.25) is 0 Å². The number of nitrogens with one attached hydrogen (secondary N) is 1. The van der Waals surface area contributed by atoms with Gasteiger partial charge in [-0.25, -0.2) is 4.79 Å². The molecule has 0 bridgehead atoms. The molecule has 0 heterocycles. The number of benzene rings is 1. The van der Waals surface area contributed by atoms with E-state index in [4.69, 9.17) is 10.5 Å². The van der Waals surface area contributed by atoms with Gasteiger partial charge in [-0.2, -0.15) is 0 Å². The van der Waals surface area contributed by atoms with Crippen LogP contribution in [0.15, 0.2) is 30.3 Å². The highest BCUT2D eigenvalue weighted by Crippen LogP contribution is 2.04. The van der Waals surface area contributed by atoms with E-state index in [2.05, 4.69) is 12.2 Å². The van der Waals surface area contributed by atoms with E-state index in [0.717, 1.165) is 31.2 Å². The fourth-order valence-corrected chi connectivity index (χ4v) is 1.82. The van der Waals surface area contributed by atoms with Crippen molar-refractivity contribution in [2.24, 2.45) is 5.73 Å². The maximum atomic E-state index is 11.6. The van der Waals surface area contributed by atoms with Crippen molar-refractivity contribution >= 4 is 6.09 Å². The number of carbonyl (C=O) groups excluding carboxylic acids is 1. The van der Waals surface area contributed by atoms with Crippen LogP contribution in [-0.2, 0) is 11.3 Å². The summed E-state index contributed by atoms with van der Waals surface area (Å²) < 4.78 is 5.16. The van der Waals surface area contributed by atoms with Gasteiger partial charge in [-0.1, -0.05) is 56.5 Å². The number of unbranched alkanes of at least 4 members (excludes halogenated alkanes) is 2. The van der Waals surface area contributed by atoms with Crippen molar-refractivity contribution in [3.05, 3.63) is 35.9 Å². The molecule has 0 aromatic heterocycles. The molecule has 3 N–H and O–H groups in total. The van der Waals surface area contributed by atoms with Crippen LogP contribution in [0.3, 0.4) is 0 Å². The van der Waals surface area contributed by atoms with Crippen molar-refractivity contribution < 1.29 is 9.53 Å². The molecule has 0 fully saturated rings. The van der Waals surface area contributed by atoms with Gasteiger partial charge in [-0.3, -0.25) is 0 Å². The molecule has 19 heavy (non-hydrogen) atoms. The SMILES string of the molecule is CCCCC[C@@H](CN)NC(=O)OCc1ccccc1. The zero-order valence-electron chi connectivity index (χ0n) is 11.6. The molecule has 0 spiro atoms. The third kappa shape index (κ3) is 6.82. The van der Waals surface area contributed by atoms with Gasteiger partial charge >= 0.3 is 6.09 Å². The first kappa shape index (κ1) is 15.5. The van der Waals surface area contributed by atoms with Crippen LogP contribution in [0.4, 0.5) is 4.79 Å². The topological polar surface area (TPSA) is 64.3 Å².